The Morgan fingerprint density at radius 2 is 1.65 bits per heavy atom. The van der Waals surface area contributed by atoms with E-state index in [2.05, 4.69) is 4.74 Å². The highest BCUT2D eigenvalue weighted by atomic mass is 16.7. The zero-order chi connectivity index (χ0) is 22.4. The van der Waals surface area contributed by atoms with E-state index >= 15 is 0 Å². The van der Waals surface area contributed by atoms with E-state index in [0.29, 0.717) is 16.9 Å². The third kappa shape index (κ3) is 3.95. The van der Waals surface area contributed by atoms with Crippen LogP contribution < -0.4 is 0 Å². The molecular weight excluding hydrogens is 412 g/mol. The number of rotatable bonds is 3. The Morgan fingerprint density at radius 1 is 0.903 bits per heavy atom. The van der Waals surface area contributed by atoms with E-state index in [1.165, 1.54) is 37.3 Å². The second kappa shape index (κ2) is 8.06. The van der Waals surface area contributed by atoms with Crippen molar-refractivity contribution in [2.24, 2.45) is 0 Å². The highest BCUT2D eigenvalue weighted by Crippen LogP contribution is 2.45. The van der Waals surface area contributed by atoms with Gasteiger partial charge in [0.1, 0.15) is 29.8 Å². The molecular formula is C21H25O10+. The number of phenols is 4. The van der Waals surface area contributed by atoms with E-state index in [1.807, 2.05) is 0 Å². The summed E-state index contributed by atoms with van der Waals surface area (Å²) < 4.78 is 16.0. The average molecular weight is 437 g/mol. The van der Waals surface area contributed by atoms with Crippen LogP contribution in [0.2, 0.25) is 0 Å². The lowest BCUT2D eigenvalue weighted by Crippen LogP contribution is -2.58. The Hall–Kier alpha value is -2.76. The zero-order valence-electron chi connectivity index (χ0n) is 16.5. The van der Waals surface area contributed by atoms with Crippen LogP contribution in [0.25, 0.3) is 0 Å². The number of ether oxygens (including phenoxy) is 3. The molecule has 2 heterocycles. The third-order valence-electron chi connectivity index (χ3n) is 5.68. The molecule has 0 bridgehead atoms. The van der Waals surface area contributed by atoms with Crippen LogP contribution in [-0.4, -0.2) is 77.3 Å². The summed E-state index contributed by atoms with van der Waals surface area (Å²) in [5.74, 6) is -0.720. The standard InChI is InChI=1S/C21H24O10/c1-8-17(26)18(27)19(28)21(29-8)31-16-7-11-13(24)5-10(22)6-15(11)30-20(16)9-2-3-12(23)14(25)4-9/h2-6,8,16-28H,7H2,1H3/p+1/t8-,16+,17-,18+,19+,20?,21-/m0/s1. The largest absolute Gasteiger partial charge is 0.575 e. The topological polar surface area (TPSA) is 173 Å². The van der Waals surface area contributed by atoms with Gasteiger partial charge in [-0.05, 0) is 25.1 Å². The van der Waals surface area contributed by atoms with Crippen LogP contribution in [0, 0.1) is 0 Å². The second-order valence-electron chi connectivity index (χ2n) is 7.84. The molecule has 0 radical (unpaired) electrons. The summed E-state index contributed by atoms with van der Waals surface area (Å²) in [5.41, 5.74) is 0.869. The summed E-state index contributed by atoms with van der Waals surface area (Å²) in [4.78, 5) is 0. The predicted octanol–water partition coefficient (Wildman–Crippen LogP) is 0.260. The van der Waals surface area contributed by atoms with Crippen molar-refractivity contribution in [3.63, 3.8) is 0 Å². The number of aliphatic hydroxyl groups is 4. The third-order valence-corrected chi connectivity index (χ3v) is 5.68. The first kappa shape index (κ1) is 21.5. The van der Waals surface area contributed by atoms with E-state index in [4.69, 9.17) is 9.47 Å². The SMILES string of the molecule is C[C@@H]1O[C@@H](O[C@@H]2Cc3c(O)cc(O)cc3[OH+]C2c2ccc(O)c(O)c2)[C@H](O)[C@H](O)[C@H]1O. The molecule has 0 amide bonds. The van der Waals surface area contributed by atoms with Crippen molar-refractivity contribution in [3.8, 4) is 28.7 Å². The minimum atomic E-state index is -1.53. The summed E-state index contributed by atoms with van der Waals surface area (Å²) >= 11 is 0. The van der Waals surface area contributed by atoms with Crippen molar-refractivity contribution in [3.05, 3.63) is 41.5 Å². The van der Waals surface area contributed by atoms with Crippen molar-refractivity contribution in [2.75, 3.05) is 0 Å². The van der Waals surface area contributed by atoms with Crippen molar-refractivity contribution in [1.29, 1.82) is 0 Å². The molecule has 10 heteroatoms. The summed E-state index contributed by atoms with van der Waals surface area (Å²) in [5, 5.41) is 70.0. The van der Waals surface area contributed by atoms with Crippen LogP contribution in [0.5, 0.6) is 28.7 Å². The molecule has 10 nitrogen and oxygen atoms in total. The van der Waals surface area contributed by atoms with Gasteiger partial charge in [0.2, 0.25) is 6.10 Å². The summed E-state index contributed by atoms with van der Waals surface area (Å²) in [6.07, 6.45) is -7.88. The van der Waals surface area contributed by atoms with Crippen molar-refractivity contribution < 1.29 is 50.0 Å². The second-order valence-corrected chi connectivity index (χ2v) is 7.84. The molecule has 1 saturated heterocycles. The Balaban J connectivity index is 1.69. The molecule has 0 aromatic heterocycles. The van der Waals surface area contributed by atoms with Crippen LogP contribution in [0.3, 0.4) is 0 Å². The van der Waals surface area contributed by atoms with Gasteiger partial charge in [-0.15, -0.1) is 0 Å². The van der Waals surface area contributed by atoms with Gasteiger partial charge in [0.25, 0.3) is 5.75 Å². The van der Waals surface area contributed by atoms with Gasteiger partial charge >= 0.3 is 0 Å². The molecule has 0 saturated carbocycles. The summed E-state index contributed by atoms with van der Waals surface area (Å²) in [7, 11) is 0. The molecule has 31 heavy (non-hydrogen) atoms. The average Bonchev–Trinajstić information content (AvgIpc) is 2.72. The van der Waals surface area contributed by atoms with Gasteiger partial charge in [-0.25, -0.2) is 0 Å². The maximum absolute atomic E-state index is 10.3. The molecule has 168 valence electrons. The summed E-state index contributed by atoms with van der Waals surface area (Å²) in [6, 6.07) is 6.69. The molecule has 1 fully saturated rings. The fourth-order valence-electron chi connectivity index (χ4n) is 3.93. The van der Waals surface area contributed by atoms with Gasteiger partial charge in [-0.3, -0.25) is 0 Å². The van der Waals surface area contributed by atoms with Gasteiger partial charge in [0.15, 0.2) is 23.9 Å². The van der Waals surface area contributed by atoms with Crippen LogP contribution in [-0.2, 0) is 15.9 Å². The fourth-order valence-corrected chi connectivity index (χ4v) is 3.93. The highest BCUT2D eigenvalue weighted by molar-refractivity contribution is 5.51. The van der Waals surface area contributed by atoms with Gasteiger partial charge in [-0.1, -0.05) is 0 Å². The monoisotopic (exact) mass is 437 g/mol. The molecule has 8 N–H and O–H groups in total. The smallest absolute Gasteiger partial charge is 0.265 e. The Morgan fingerprint density at radius 3 is 2.35 bits per heavy atom. The molecule has 1 unspecified atom stereocenters. The number of aromatic hydroxyl groups is 5. The first-order valence-corrected chi connectivity index (χ1v) is 9.78. The first-order valence-electron chi connectivity index (χ1n) is 9.78. The van der Waals surface area contributed by atoms with Crippen molar-refractivity contribution >= 4 is 0 Å². The van der Waals surface area contributed by atoms with Gasteiger partial charge in [0.05, 0.1) is 17.7 Å². The molecule has 0 aliphatic carbocycles. The van der Waals surface area contributed by atoms with Crippen LogP contribution in [0.15, 0.2) is 30.3 Å². The van der Waals surface area contributed by atoms with Crippen molar-refractivity contribution in [1.82, 2.24) is 0 Å². The van der Waals surface area contributed by atoms with E-state index in [9.17, 15) is 35.7 Å². The van der Waals surface area contributed by atoms with E-state index in [-0.39, 0.29) is 29.4 Å². The van der Waals surface area contributed by atoms with Crippen LogP contribution in [0.1, 0.15) is 24.2 Å². The maximum Gasteiger partial charge on any atom is 0.265 e. The fraction of sp³-hybridized carbons (Fsp3) is 0.429. The van der Waals surface area contributed by atoms with E-state index < -0.39 is 42.9 Å². The Labute approximate surface area is 177 Å². The number of benzene rings is 2. The number of phenolic OH excluding ortho intramolecular Hbond substituents is 4. The van der Waals surface area contributed by atoms with Crippen LogP contribution >= 0.6 is 0 Å². The molecule has 2 aromatic carbocycles. The van der Waals surface area contributed by atoms with E-state index in [0.717, 1.165) is 0 Å². The molecule has 4 rings (SSSR count). The molecule has 2 aromatic rings. The number of hydrogen-bond donors (Lipinski definition) is 7. The minimum absolute atomic E-state index is 0.108. The molecule has 7 atom stereocenters. The molecule has 0 spiro atoms. The molecule has 2 aliphatic heterocycles. The van der Waals surface area contributed by atoms with Crippen LogP contribution in [0.4, 0.5) is 0 Å². The first-order chi connectivity index (χ1) is 14.7. The van der Waals surface area contributed by atoms with Gasteiger partial charge in [0, 0.05) is 18.1 Å². The Bertz CT molecular complexity index is 963. The number of aliphatic hydroxyl groups excluding tert-OH is 3. The summed E-state index contributed by atoms with van der Waals surface area (Å²) in [6.45, 7) is 1.53. The maximum atomic E-state index is 10.3. The number of hydrogen-bond acceptors (Lipinski definition) is 9. The Kier molecular flexibility index (Phi) is 5.58. The normalized spacial score (nSPS) is 32.8. The quantitative estimate of drug-likeness (QED) is 0.263. The highest BCUT2D eigenvalue weighted by Gasteiger charge is 2.47. The van der Waals surface area contributed by atoms with Gasteiger partial charge in [-0.2, -0.15) is 0 Å². The lowest BCUT2D eigenvalue weighted by Gasteiger charge is -2.41. The molecule has 2 aliphatic rings. The lowest BCUT2D eigenvalue weighted by atomic mass is 9.93. The lowest BCUT2D eigenvalue weighted by molar-refractivity contribution is -0.316. The zero-order valence-corrected chi connectivity index (χ0v) is 16.5. The van der Waals surface area contributed by atoms with Gasteiger partial charge < -0.3 is 50.0 Å². The minimum Gasteiger partial charge on any atom is -0.575 e. The van der Waals surface area contributed by atoms with Crippen molar-refractivity contribution in [2.45, 2.75) is 56.3 Å². The predicted molar refractivity (Wildman–Crippen MR) is 105 cm³/mol. The van der Waals surface area contributed by atoms with E-state index in [1.54, 1.807) is 0 Å². The number of fused-ring (bicyclic) bond motifs is 1.